The summed E-state index contributed by atoms with van der Waals surface area (Å²) < 4.78 is 1.73. The third kappa shape index (κ3) is 4.10. The number of hydrogen-bond acceptors (Lipinski definition) is 8. The first-order valence-electron chi connectivity index (χ1n) is 9.12. The maximum Gasteiger partial charge on any atom is 0.227 e. The molecule has 3 aromatic rings. The van der Waals surface area contributed by atoms with Gasteiger partial charge in [-0.3, -0.25) is 0 Å². The van der Waals surface area contributed by atoms with Crippen LogP contribution in [0.1, 0.15) is 33.7 Å². The number of aromatic nitrogens is 5. The van der Waals surface area contributed by atoms with Gasteiger partial charge in [0.05, 0.1) is 29.4 Å². The van der Waals surface area contributed by atoms with Crippen molar-refractivity contribution in [3.8, 4) is 0 Å². The van der Waals surface area contributed by atoms with Gasteiger partial charge in [-0.1, -0.05) is 30.7 Å². The normalized spacial score (nSPS) is 12.7. The van der Waals surface area contributed by atoms with Crippen LogP contribution in [0.5, 0.6) is 0 Å². The molecule has 0 amide bonds. The molecule has 0 aliphatic carbocycles. The van der Waals surface area contributed by atoms with Gasteiger partial charge in [-0.25, -0.2) is 4.68 Å². The van der Waals surface area contributed by atoms with E-state index in [9.17, 15) is 5.11 Å². The molecule has 0 fully saturated rings. The van der Waals surface area contributed by atoms with Crippen molar-refractivity contribution in [1.82, 2.24) is 25.0 Å². The smallest absolute Gasteiger partial charge is 0.227 e. The molecule has 0 radical (unpaired) electrons. The molecule has 1 atom stereocenters. The molecule has 1 aromatic carbocycles. The summed E-state index contributed by atoms with van der Waals surface area (Å²) in [6.07, 6.45) is 0. The van der Waals surface area contributed by atoms with Crippen LogP contribution in [0, 0.1) is 5.92 Å². The Bertz CT molecular complexity index is 972. The zero-order valence-electron chi connectivity index (χ0n) is 16.3. The lowest BCUT2D eigenvalue weighted by Gasteiger charge is -2.20. The van der Waals surface area contributed by atoms with Gasteiger partial charge < -0.3 is 21.5 Å². The molecule has 9 nitrogen and oxygen atoms in total. The van der Waals surface area contributed by atoms with Crippen LogP contribution in [0.4, 0.5) is 23.1 Å². The summed E-state index contributed by atoms with van der Waals surface area (Å²) in [6, 6.07) is 5.13. The fraction of sp³-hybridized carbons (Fsp3) is 0.444. The van der Waals surface area contributed by atoms with Crippen LogP contribution in [0.25, 0.3) is 11.2 Å². The first kappa shape index (κ1) is 20.1. The summed E-state index contributed by atoms with van der Waals surface area (Å²) in [5.41, 5.74) is 8.21. The van der Waals surface area contributed by atoms with E-state index in [1.54, 1.807) is 22.9 Å². The lowest BCUT2D eigenvalue weighted by molar-refractivity contribution is 0.248. The summed E-state index contributed by atoms with van der Waals surface area (Å²) in [7, 11) is 0. The van der Waals surface area contributed by atoms with Gasteiger partial charge in [0.1, 0.15) is 0 Å². The molecule has 150 valence electrons. The molecular weight excluding hydrogens is 380 g/mol. The predicted octanol–water partition coefficient (Wildman–Crippen LogP) is 3.21. The third-order valence-electron chi connectivity index (χ3n) is 4.39. The Morgan fingerprint density at radius 1 is 1.21 bits per heavy atom. The van der Waals surface area contributed by atoms with Crippen LogP contribution in [0.15, 0.2) is 18.2 Å². The molecule has 10 heteroatoms. The predicted molar refractivity (Wildman–Crippen MR) is 112 cm³/mol. The SMILES string of the molecule is CC(C)[C@H](CO)Nc1nc(Nc2ccc(Cl)c(N)c2)c2nnn(C(C)C)c2n1. The largest absolute Gasteiger partial charge is 0.397 e. The lowest BCUT2D eigenvalue weighted by Crippen LogP contribution is -2.30. The van der Waals surface area contributed by atoms with Crippen molar-refractivity contribution in [1.29, 1.82) is 0 Å². The molecular formula is C18H25ClN8O. The molecule has 0 aliphatic heterocycles. The van der Waals surface area contributed by atoms with E-state index in [0.717, 1.165) is 5.69 Å². The van der Waals surface area contributed by atoms with Gasteiger partial charge in [0, 0.05) is 5.69 Å². The number of nitrogens with zero attached hydrogens (tertiary/aromatic N) is 5. The molecule has 2 aromatic heterocycles. The Morgan fingerprint density at radius 3 is 2.57 bits per heavy atom. The minimum absolute atomic E-state index is 0.0305. The Hall–Kier alpha value is -2.65. The minimum Gasteiger partial charge on any atom is -0.397 e. The lowest BCUT2D eigenvalue weighted by atomic mass is 10.1. The van der Waals surface area contributed by atoms with E-state index in [4.69, 9.17) is 17.3 Å². The number of anilines is 4. The molecule has 3 rings (SSSR count). The quantitative estimate of drug-likeness (QED) is 0.442. The number of rotatable bonds is 7. The van der Waals surface area contributed by atoms with Crippen LogP contribution in [0.2, 0.25) is 5.02 Å². The van der Waals surface area contributed by atoms with Gasteiger partial charge in [-0.15, -0.1) is 5.10 Å². The molecule has 2 heterocycles. The Labute approximate surface area is 168 Å². The Morgan fingerprint density at radius 2 is 1.96 bits per heavy atom. The average molecular weight is 405 g/mol. The number of aliphatic hydroxyl groups is 1. The number of hydrogen-bond donors (Lipinski definition) is 4. The molecule has 0 spiro atoms. The van der Waals surface area contributed by atoms with Crippen molar-refractivity contribution < 1.29 is 5.11 Å². The number of aliphatic hydroxyl groups excluding tert-OH is 1. The van der Waals surface area contributed by atoms with Crippen LogP contribution in [-0.2, 0) is 0 Å². The van der Waals surface area contributed by atoms with Crippen LogP contribution in [0.3, 0.4) is 0 Å². The summed E-state index contributed by atoms with van der Waals surface area (Å²) >= 11 is 6.01. The van der Waals surface area contributed by atoms with E-state index in [-0.39, 0.29) is 24.6 Å². The van der Waals surface area contributed by atoms with E-state index >= 15 is 0 Å². The second-order valence-corrected chi connectivity index (χ2v) is 7.64. The zero-order chi connectivity index (χ0) is 20.4. The van der Waals surface area contributed by atoms with Crippen molar-refractivity contribution in [3.63, 3.8) is 0 Å². The highest BCUT2D eigenvalue weighted by atomic mass is 35.5. The third-order valence-corrected chi connectivity index (χ3v) is 4.73. The maximum absolute atomic E-state index is 9.64. The van der Waals surface area contributed by atoms with E-state index in [1.807, 2.05) is 27.7 Å². The topological polar surface area (TPSA) is 127 Å². The second kappa shape index (κ2) is 8.15. The van der Waals surface area contributed by atoms with Gasteiger partial charge in [0.15, 0.2) is 17.0 Å². The highest BCUT2D eigenvalue weighted by molar-refractivity contribution is 6.33. The van der Waals surface area contributed by atoms with Gasteiger partial charge in [0.2, 0.25) is 5.95 Å². The van der Waals surface area contributed by atoms with E-state index in [1.165, 1.54) is 0 Å². The minimum atomic E-state index is -0.181. The van der Waals surface area contributed by atoms with Gasteiger partial charge in [-0.05, 0) is 38.0 Å². The first-order valence-corrected chi connectivity index (χ1v) is 9.50. The van der Waals surface area contributed by atoms with E-state index < -0.39 is 0 Å². The second-order valence-electron chi connectivity index (χ2n) is 7.23. The summed E-state index contributed by atoms with van der Waals surface area (Å²) in [4.78, 5) is 9.14. The molecule has 0 unspecified atom stereocenters. The summed E-state index contributed by atoms with van der Waals surface area (Å²) in [6.45, 7) is 8.00. The standard InChI is InChI=1S/C18H25ClN8O/c1-9(2)14(8-28)22-18-23-16(21-11-5-6-12(19)13(20)7-11)15-17(24-18)27(10(3)4)26-25-15/h5-7,9-10,14,28H,8,20H2,1-4H3,(H2,21,22,23,24)/t14-/m0/s1. The highest BCUT2D eigenvalue weighted by Crippen LogP contribution is 2.28. The first-order chi connectivity index (χ1) is 13.3. The maximum atomic E-state index is 9.64. The zero-order valence-corrected chi connectivity index (χ0v) is 17.1. The molecule has 0 bridgehead atoms. The van der Waals surface area contributed by atoms with Crippen LogP contribution in [-0.4, -0.2) is 42.7 Å². The highest BCUT2D eigenvalue weighted by Gasteiger charge is 2.19. The van der Waals surface area contributed by atoms with Crippen molar-refractivity contribution in [2.24, 2.45) is 5.92 Å². The van der Waals surface area contributed by atoms with Crippen molar-refractivity contribution in [2.45, 2.75) is 39.8 Å². The number of nitrogen functional groups attached to an aromatic ring is 1. The van der Waals surface area contributed by atoms with Crippen LogP contribution < -0.4 is 16.4 Å². The van der Waals surface area contributed by atoms with Crippen LogP contribution >= 0.6 is 11.6 Å². The van der Waals surface area contributed by atoms with Crippen molar-refractivity contribution >= 4 is 45.9 Å². The number of halogens is 1. The number of fused-ring (bicyclic) bond motifs is 1. The van der Waals surface area contributed by atoms with Crippen molar-refractivity contribution in [3.05, 3.63) is 23.2 Å². The Kier molecular flexibility index (Phi) is 5.85. The molecule has 0 aliphatic rings. The summed E-state index contributed by atoms with van der Waals surface area (Å²) in [5.74, 6) is 1.07. The summed E-state index contributed by atoms with van der Waals surface area (Å²) in [5, 5.41) is 25.0. The van der Waals surface area contributed by atoms with E-state index in [0.29, 0.717) is 33.6 Å². The van der Waals surface area contributed by atoms with Gasteiger partial charge in [-0.2, -0.15) is 9.97 Å². The Balaban J connectivity index is 2.07. The van der Waals surface area contributed by atoms with E-state index in [2.05, 4.69) is 30.9 Å². The van der Waals surface area contributed by atoms with Gasteiger partial charge in [0.25, 0.3) is 0 Å². The van der Waals surface area contributed by atoms with Gasteiger partial charge >= 0.3 is 0 Å². The fourth-order valence-corrected chi connectivity index (χ4v) is 2.79. The fourth-order valence-electron chi connectivity index (χ4n) is 2.68. The molecule has 5 N–H and O–H groups in total. The number of nitrogens with one attached hydrogen (secondary N) is 2. The molecule has 0 saturated heterocycles. The van der Waals surface area contributed by atoms with Crippen molar-refractivity contribution in [2.75, 3.05) is 23.0 Å². The number of benzene rings is 1. The monoisotopic (exact) mass is 404 g/mol. The number of nitrogens with two attached hydrogens (primary N) is 1. The molecule has 28 heavy (non-hydrogen) atoms. The molecule has 0 saturated carbocycles. The average Bonchev–Trinajstić information content (AvgIpc) is 3.07.